The highest BCUT2D eigenvalue weighted by Crippen LogP contribution is 2.26. The molecule has 0 aliphatic rings. The van der Waals surface area contributed by atoms with Gasteiger partial charge in [0.25, 0.3) is 0 Å². The molecule has 0 spiro atoms. The monoisotopic (exact) mass is 291 g/mol. The SMILES string of the molecule is COc1cncc(-c2cc(-c3cc4cnccc4[nH]3)[nH]n2)c1. The summed E-state index contributed by atoms with van der Waals surface area (Å²) in [4.78, 5) is 11.6. The Balaban J connectivity index is 1.74. The van der Waals surface area contributed by atoms with Crippen molar-refractivity contribution in [2.24, 2.45) is 0 Å². The van der Waals surface area contributed by atoms with E-state index in [0.717, 1.165) is 33.5 Å². The van der Waals surface area contributed by atoms with Crippen LogP contribution in [0, 0.1) is 0 Å². The molecule has 0 saturated carbocycles. The van der Waals surface area contributed by atoms with Gasteiger partial charge in [0.05, 0.1) is 30.4 Å². The van der Waals surface area contributed by atoms with Crippen LogP contribution in [-0.4, -0.2) is 32.3 Å². The lowest BCUT2D eigenvalue weighted by Crippen LogP contribution is -1.86. The zero-order chi connectivity index (χ0) is 14.9. The molecule has 4 heterocycles. The number of nitrogens with one attached hydrogen (secondary N) is 2. The molecule has 4 rings (SSSR count). The summed E-state index contributed by atoms with van der Waals surface area (Å²) >= 11 is 0. The van der Waals surface area contributed by atoms with Crippen molar-refractivity contribution < 1.29 is 4.74 Å². The van der Waals surface area contributed by atoms with Gasteiger partial charge < -0.3 is 9.72 Å². The molecule has 108 valence electrons. The van der Waals surface area contributed by atoms with Crippen molar-refractivity contribution >= 4 is 10.9 Å². The Hall–Kier alpha value is -3.15. The lowest BCUT2D eigenvalue weighted by molar-refractivity contribution is 0.413. The van der Waals surface area contributed by atoms with Crippen LogP contribution in [0.1, 0.15) is 0 Å². The molecule has 0 aliphatic heterocycles. The molecule has 6 nitrogen and oxygen atoms in total. The van der Waals surface area contributed by atoms with E-state index in [-0.39, 0.29) is 0 Å². The van der Waals surface area contributed by atoms with Gasteiger partial charge in [-0.25, -0.2) is 0 Å². The maximum atomic E-state index is 5.19. The third-order valence-corrected chi connectivity index (χ3v) is 3.53. The standard InChI is InChI=1S/C16H13N5O/c1-22-12-4-10(8-18-9-12)14-6-16(21-20-14)15-5-11-7-17-3-2-13(11)19-15/h2-9,19H,1H3,(H,20,21). The van der Waals surface area contributed by atoms with Crippen LogP contribution < -0.4 is 4.74 Å². The van der Waals surface area contributed by atoms with E-state index >= 15 is 0 Å². The summed E-state index contributed by atoms with van der Waals surface area (Å²) in [5, 5.41) is 8.47. The lowest BCUT2D eigenvalue weighted by atomic mass is 10.2. The van der Waals surface area contributed by atoms with Crippen LogP contribution in [0.4, 0.5) is 0 Å². The first-order valence-corrected chi connectivity index (χ1v) is 6.81. The Kier molecular flexibility index (Phi) is 2.86. The van der Waals surface area contributed by atoms with Crippen LogP contribution in [-0.2, 0) is 0 Å². The molecule has 22 heavy (non-hydrogen) atoms. The van der Waals surface area contributed by atoms with Crippen LogP contribution in [0.5, 0.6) is 5.75 Å². The Morgan fingerprint density at radius 1 is 1.00 bits per heavy atom. The summed E-state index contributed by atoms with van der Waals surface area (Å²) in [5.74, 6) is 0.707. The van der Waals surface area contributed by atoms with Gasteiger partial charge in [-0.3, -0.25) is 15.1 Å². The third kappa shape index (κ3) is 2.10. The van der Waals surface area contributed by atoms with Crippen molar-refractivity contribution in [2.75, 3.05) is 7.11 Å². The molecule has 0 amide bonds. The fourth-order valence-corrected chi connectivity index (χ4v) is 2.40. The molecule has 0 fully saturated rings. The molecule has 0 unspecified atom stereocenters. The zero-order valence-electron chi connectivity index (χ0n) is 11.9. The first kappa shape index (κ1) is 12.6. The van der Waals surface area contributed by atoms with Crippen molar-refractivity contribution in [1.82, 2.24) is 25.1 Å². The Labute approximate surface area is 126 Å². The topological polar surface area (TPSA) is 79.5 Å². The number of aromatic amines is 2. The van der Waals surface area contributed by atoms with Crippen LogP contribution in [0.2, 0.25) is 0 Å². The molecule has 4 aromatic heterocycles. The average Bonchev–Trinajstić information content (AvgIpc) is 3.21. The molecular formula is C16H13N5O. The van der Waals surface area contributed by atoms with Gasteiger partial charge in [-0.2, -0.15) is 5.10 Å². The normalized spacial score (nSPS) is 11.0. The van der Waals surface area contributed by atoms with E-state index in [4.69, 9.17) is 4.74 Å². The molecule has 0 aromatic carbocycles. The highest BCUT2D eigenvalue weighted by molar-refractivity contribution is 5.84. The summed E-state index contributed by atoms with van der Waals surface area (Å²) in [6.45, 7) is 0. The number of rotatable bonds is 3. The average molecular weight is 291 g/mol. The number of hydrogen-bond donors (Lipinski definition) is 2. The number of methoxy groups -OCH3 is 1. The first-order chi connectivity index (χ1) is 10.8. The number of aromatic nitrogens is 5. The van der Waals surface area contributed by atoms with E-state index < -0.39 is 0 Å². The second-order valence-corrected chi connectivity index (χ2v) is 4.93. The summed E-state index contributed by atoms with van der Waals surface area (Å²) in [5.41, 5.74) is 4.65. The number of fused-ring (bicyclic) bond motifs is 1. The number of hydrogen-bond acceptors (Lipinski definition) is 4. The van der Waals surface area contributed by atoms with E-state index in [2.05, 4.69) is 25.1 Å². The summed E-state index contributed by atoms with van der Waals surface area (Å²) in [7, 11) is 1.62. The van der Waals surface area contributed by atoms with Gasteiger partial charge in [0.15, 0.2) is 0 Å². The van der Waals surface area contributed by atoms with E-state index in [1.165, 1.54) is 0 Å². The first-order valence-electron chi connectivity index (χ1n) is 6.81. The summed E-state index contributed by atoms with van der Waals surface area (Å²) in [6, 6.07) is 7.88. The summed E-state index contributed by atoms with van der Waals surface area (Å²) in [6.07, 6.45) is 7.03. The van der Waals surface area contributed by atoms with Crippen molar-refractivity contribution in [1.29, 1.82) is 0 Å². The molecule has 0 saturated heterocycles. The van der Waals surface area contributed by atoms with Crippen LogP contribution in [0.15, 0.2) is 49.1 Å². The Morgan fingerprint density at radius 3 is 2.82 bits per heavy atom. The minimum atomic E-state index is 0.707. The fourth-order valence-electron chi connectivity index (χ4n) is 2.40. The minimum absolute atomic E-state index is 0.707. The van der Waals surface area contributed by atoms with Crippen molar-refractivity contribution in [3.63, 3.8) is 0 Å². The van der Waals surface area contributed by atoms with Crippen molar-refractivity contribution in [3.05, 3.63) is 49.1 Å². The van der Waals surface area contributed by atoms with Crippen LogP contribution >= 0.6 is 0 Å². The van der Waals surface area contributed by atoms with Crippen LogP contribution in [0.3, 0.4) is 0 Å². The van der Waals surface area contributed by atoms with E-state index in [0.29, 0.717) is 5.75 Å². The predicted molar refractivity (Wildman–Crippen MR) is 83.5 cm³/mol. The molecular weight excluding hydrogens is 278 g/mol. The Bertz CT molecular complexity index is 907. The quantitative estimate of drug-likeness (QED) is 0.608. The van der Waals surface area contributed by atoms with Crippen molar-refractivity contribution in [3.8, 4) is 28.4 Å². The fraction of sp³-hybridized carbons (Fsp3) is 0.0625. The second-order valence-electron chi connectivity index (χ2n) is 4.93. The molecule has 2 N–H and O–H groups in total. The van der Waals surface area contributed by atoms with Crippen LogP contribution in [0.25, 0.3) is 33.5 Å². The predicted octanol–water partition coefficient (Wildman–Crippen LogP) is 3.02. The number of nitrogens with zero attached hydrogens (tertiary/aromatic N) is 3. The van der Waals surface area contributed by atoms with Gasteiger partial charge in [0, 0.05) is 35.1 Å². The molecule has 0 atom stereocenters. The maximum absolute atomic E-state index is 5.19. The molecule has 6 heteroatoms. The molecule has 0 radical (unpaired) electrons. The lowest BCUT2D eigenvalue weighted by Gasteiger charge is -2.00. The Morgan fingerprint density at radius 2 is 1.95 bits per heavy atom. The minimum Gasteiger partial charge on any atom is -0.495 e. The molecule has 0 aliphatic carbocycles. The van der Waals surface area contributed by atoms with Gasteiger partial charge >= 0.3 is 0 Å². The number of H-pyrrole nitrogens is 2. The van der Waals surface area contributed by atoms with Gasteiger partial charge in [0.1, 0.15) is 5.75 Å². The largest absolute Gasteiger partial charge is 0.495 e. The number of ether oxygens (including phenoxy) is 1. The van der Waals surface area contributed by atoms with E-state index in [9.17, 15) is 0 Å². The van der Waals surface area contributed by atoms with Gasteiger partial charge in [-0.1, -0.05) is 0 Å². The maximum Gasteiger partial charge on any atom is 0.137 e. The van der Waals surface area contributed by atoms with Gasteiger partial charge in [0.2, 0.25) is 0 Å². The molecule has 4 aromatic rings. The highest BCUT2D eigenvalue weighted by Gasteiger charge is 2.09. The van der Waals surface area contributed by atoms with Gasteiger partial charge in [-0.05, 0) is 24.3 Å². The van der Waals surface area contributed by atoms with E-state index in [1.54, 1.807) is 25.7 Å². The second kappa shape index (κ2) is 5.00. The van der Waals surface area contributed by atoms with E-state index in [1.807, 2.05) is 30.5 Å². The molecule has 0 bridgehead atoms. The zero-order valence-corrected chi connectivity index (χ0v) is 11.9. The number of pyridine rings is 2. The third-order valence-electron chi connectivity index (χ3n) is 3.53. The van der Waals surface area contributed by atoms with Crippen molar-refractivity contribution in [2.45, 2.75) is 0 Å². The van der Waals surface area contributed by atoms with Gasteiger partial charge in [-0.15, -0.1) is 0 Å². The highest BCUT2D eigenvalue weighted by atomic mass is 16.5. The summed E-state index contributed by atoms with van der Waals surface area (Å²) < 4.78 is 5.19. The smallest absolute Gasteiger partial charge is 0.137 e.